The van der Waals surface area contributed by atoms with Crippen molar-refractivity contribution in [1.82, 2.24) is 4.90 Å². The molecule has 0 bridgehead atoms. The number of amidine groups is 1. The van der Waals surface area contributed by atoms with Crippen molar-refractivity contribution < 1.29 is 9.72 Å². The number of carbonyl (C=O) groups is 1. The van der Waals surface area contributed by atoms with E-state index in [1.165, 1.54) is 30.1 Å². The van der Waals surface area contributed by atoms with E-state index in [4.69, 9.17) is 0 Å². The van der Waals surface area contributed by atoms with Crippen LogP contribution in [0.2, 0.25) is 0 Å². The van der Waals surface area contributed by atoms with Crippen LogP contribution in [0, 0.1) is 10.1 Å². The molecule has 3 rings (SSSR count). The highest BCUT2D eigenvalue weighted by atomic mass is 32.2. The van der Waals surface area contributed by atoms with E-state index in [1.54, 1.807) is 17.0 Å². The van der Waals surface area contributed by atoms with E-state index in [0.29, 0.717) is 17.3 Å². The third kappa shape index (κ3) is 4.15. The van der Waals surface area contributed by atoms with Gasteiger partial charge in [0, 0.05) is 17.7 Å². The number of carbonyl (C=O) groups excluding carboxylic acids is 1. The number of amides is 1. The monoisotopic (exact) mass is 368 g/mol. The van der Waals surface area contributed by atoms with Gasteiger partial charge in [-0.25, -0.2) is 0 Å². The summed E-state index contributed by atoms with van der Waals surface area (Å²) in [7, 11) is 0. The first kappa shape index (κ1) is 17.8. The largest absolute Gasteiger partial charge is 0.284 e. The summed E-state index contributed by atoms with van der Waals surface area (Å²) >= 11 is 1.35. The van der Waals surface area contributed by atoms with E-state index in [2.05, 4.69) is 10.2 Å². The molecule has 132 valence electrons. The van der Waals surface area contributed by atoms with E-state index in [1.807, 2.05) is 37.3 Å². The first-order chi connectivity index (χ1) is 12.5. The lowest BCUT2D eigenvalue weighted by Gasteiger charge is -2.15. The molecule has 0 aromatic heterocycles. The van der Waals surface area contributed by atoms with Gasteiger partial charge in [0.1, 0.15) is 0 Å². The van der Waals surface area contributed by atoms with Crippen molar-refractivity contribution >= 4 is 34.7 Å². The van der Waals surface area contributed by atoms with Gasteiger partial charge in [-0.15, -0.1) is 5.10 Å². The Balaban J connectivity index is 1.78. The minimum Gasteiger partial charge on any atom is -0.284 e. The highest BCUT2D eigenvalue weighted by Gasteiger charge is 2.35. The van der Waals surface area contributed by atoms with Crippen LogP contribution in [0.3, 0.4) is 0 Å². The summed E-state index contributed by atoms with van der Waals surface area (Å²) in [5, 5.41) is 19.3. The van der Waals surface area contributed by atoms with E-state index < -0.39 is 4.92 Å². The Hall–Kier alpha value is -3.00. The highest BCUT2D eigenvalue weighted by Crippen LogP contribution is 2.28. The summed E-state index contributed by atoms with van der Waals surface area (Å²) in [5.41, 5.74) is 1.57. The SMILES string of the molecule is CC1S/C(=N\N=C\c2cccc([N+](=O)[O-])c2)N(Cc2ccccc2)C1=O. The fourth-order valence-electron chi connectivity index (χ4n) is 2.44. The normalized spacial score (nSPS) is 18.8. The van der Waals surface area contributed by atoms with Gasteiger partial charge in [-0.05, 0) is 12.5 Å². The van der Waals surface area contributed by atoms with Gasteiger partial charge in [0.2, 0.25) is 5.91 Å². The second kappa shape index (κ2) is 7.92. The fourth-order valence-corrected chi connectivity index (χ4v) is 3.36. The van der Waals surface area contributed by atoms with Crippen LogP contribution in [-0.4, -0.2) is 32.4 Å². The zero-order chi connectivity index (χ0) is 18.5. The number of thioether (sulfide) groups is 1. The van der Waals surface area contributed by atoms with Crippen molar-refractivity contribution in [2.75, 3.05) is 0 Å². The Morgan fingerprint density at radius 3 is 2.73 bits per heavy atom. The quantitative estimate of drug-likeness (QED) is 0.459. The van der Waals surface area contributed by atoms with Crippen molar-refractivity contribution in [3.05, 3.63) is 75.8 Å². The van der Waals surface area contributed by atoms with Gasteiger partial charge in [-0.2, -0.15) is 5.10 Å². The lowest BCUT2D eigenvalue weighted by Crippen LogP contribution is -2.30. The van der Waals surface area contributed by atoms with E-state index in [9.17, 15) is 14.9 Å². The van der Waals surface area contributed by atoms with Gasteiger partial charge < -0.3 is 0 Å². The summed E-state index contributed by atoms with van der Waals surface area (Å²) in [5.74, 6) is -0.0110. The average Bonchev–Trinajstić information content (AvgIpc) is 2.90. The first-order valence-corrected chi connectivity index (χ1v) is 8.80. The molecule has 2 aromatic carbocycles. The molecule has 1 aliphatic heterocycles. The van der Waals surface area contributed by atoms with Crippen molar-refractivity contribution in [1.29, 1.82) is 0 Å². The second-order valence-corrected chi connectivity index (χ2v) is 6.96. The van der Waals surface area contributed by atoms with Gasteiger partial charge in [0.15, 0.2) is 5.17 Å². The van der Waals surface area contributed by atoms with Crippen LogP contribution in [0.5, 0.6) is 0 Å². The number of rotatable bonds is 5. The van der Waals surface area contributed by atoms with Crippen LogP contribution >= 0.6 is 11.8 Å². The molecule has 1 fully saturated rings. The number of hydrogen-bond acceptors (Lipinski definition) is 6. The zero-order valence-corrected chi connectivity index (χ0v) is 14.8. The molecular weight excluding hydrogens is 352 g/mol. The highest BCUT2D eigenvalue weighted by molar-refractivity contribution is 8.15. The topological polar surface area (TPSA) is 88.2 Å². The summed E-state index contributed by atoms with van der Waals surface area (Å²) in [6.07, 6.45) is 1.44. The second-order valence-electron chi connectivity index (χ2n) is 5.65. The smallest absolute Gasteiger partial charge is 0.270 e. The molecule has 1 amide bonds. The molecule has 1 atom stereocenters. The third-order valence-electron chi connectivity index (χ3n) is 3.74. The number of hydrogen-bond donors (Lipinski definition) is 0. The number of non-ortho nitro benzene ring substituents is 1. The summed E-state index contributed by atoms with van der Waals surface area (Å²) in [6, 6.07) is 15.8. The molecule has 0 saturated carbocycles. The molecule has 0 N–H and O–H groups in total. The Bertz CT molecular complexity index is 883. The van der Waals surface area contributed by atoms with Gasteiger partial charge in [-0.1, -0.05) is 54.2 Å². The minimum absolute atomic E-state index is 0.00801. The van der Waals surface area contributed by atoms with Gasteiger partial charge in [0.05, 0.1) is 22.9 Å². The standard InChI is InChI=1S/C18H16N4O3S/c1-13-17(23)21(12-14-6-3-2-4-7-14)18(26-13)20-19-11-15-8-5-9-16(10-15)22(24)25/h2-11,13H,12H2,1H3/b19-11+,20-18-. The van der Waals surface area contributed by atoms with Crippen molar-refractivity contribution in [2.24, 2.45) is 10.2 Å². The van der Waals surface area contributed by atoms with E-state index >= 15 is 0 Å². The molecule has 7 nitrogen and oxygen atoms in total. The molecule has 1 heterocycles. The Morgan fingerprint density at radius 1 is 1.23 bits per heavy atom. The first-order valence-electron chi connectivity index (χ1n) is 7.92. The van der Waals surface area contributed by atoms with Gasteiger partial charge >= 0.3 is 0 Å². The number of benzene rings is 2. The van der Waals surface area contributed by atoms with Crippen molar-refractivity contribution in [3.63, 3.8) is 0 Å². The van der Waals surface area contributed by atoms with Crippen LogP contribution < -0.4 is 0 Å². The lowest BCUT2D eigenvalue weighted by molar-refractivity contribution is -0.384. The summed E-state index contributed by atoms with van der Waals surface area (Å²) < 4.78 is 0. The predicted octanol–water partition coefficient (Wildman–Crippen LogP) is 3.45. The maximum Gasteiger partial charge on any atom is 0.270 e. The average molecular weight is 368 g/mol. The maximum atomic E-state index is 12.4. The van der Waals surface area contributed by atoms with E-state index in [0.717, 1.165) is 5.56 Å². The molecule has 1 saturated heterocycles. The van der Waals surface area contributed by atoms with Crippen LogP contribution in [-0.2, 0) is 11.3 Å². The Morgan fingerprint density at radius 2 is 2.00 bits per heavy atom. The molecule has 1 aliphatic rings. The molecule has 1 unspecified atom stereocenters. The Labute approximate surface area is 154 Å². The lowest BCUT2D eigenvalue weighted by atomic mass is 10.2. The van der Waals surface area contributed by atoms with Crippen molar-refractivity contribution in [2.45, 2.75) is 18.7 Å². The molecular formula is C18H16N4O3S. The van der Waals surface area contributed by atoms with Crippen LogP contribution in [0.4, 0.5) is 5.69 Å². The molecule has 0 aliphatic carbocycles. The Kier molecular flexibility index (Phi) is 5.43. The molecule has 2 aromatic rings. The van der Waals surface area contributed by atoms with Gasteiger partial charge in [-0.3, -0.25) is 19.8 Å². The third-order valence-corrected chi connectivity index (χ3v) is 4.81. The number of nitro groups is 1. The predicted molar refractivity (Wildman–Crippen MR) is 102 cm³/mol. The number of nitro benzene ring substituents is 1. The van der Waals surface area contributed by atoms with E-state index in [-0.39, 0.29) is 16.8 Å². The number of nitrogens with zero attached hydrogens (tertiary/aromatic N) is 4. The van der Waals surface area contributed by atoms with Crippen molar-refractivity contribution in [3.8, 4) is 0 Å². The minimum atomic E-state index is -0.460. The summed E-state index contributed by atoms with van der Waals surface area (Å²) in [4.78, 5) is 24.3. The van der Waals surface area contributed by atoms with Crippen LogP contribution in [0.15, 0.2) is 64.8 Å². The fraction of sp³-hybridized carbons (Fsp3) is 0.167. The van der Waals surface area contributed by atoms with Crippen LogP contribution in [0.25, 0.3) is 0 Å². The zero-order valence-electron chi connectivity index (χ0n) is 14.0. The maximum absolute atomic E-state index is 12.4. The molecule has 0 radical (unpaired) electrons. The molecule has 8 heteroatoms. The van der Waals surface area contributed by atoms with Gasteiger partial charge in [0.25, 0.3) is 5.69 Å². The molecule has 0 spiro atoms. The summed E-state index contributed by atoms with van der Waals surface area (Å²) in [6.45, 7) is 2.26. The van der Waals surface area contributed by atoms with Crippen LogP contribution in [0.1, 0.15) is 18.1 Å². The molecule has 26 heavy (non-hydrogen) atoms.